The van der Waals surface area contributed by atoms with Crippen LogP contribution in [0.1, 0.15) is 15.2 Å². The van der Waals surface area contributed by atoms with Crippen molar-refractivity contribution in [2.45, 2.75) is 6.54 Å². The number of nitrogens with one attached hydrogen (secondary N) is 1. The Morgan fingerprint density at radius 1 is 1.25 bits per heavy atom. The van der Waals surface area contributed by atoms with Crippen LogP contribution in [0.3, 0.4) is 0 Å². The van der Waals surface area contributed by atoms with Gasteiger partial charge in [0.1, 0.15) is 0 Å². The maximum Gasteiger partial charge on any atom is 0.254 e. The van der Waals surface area contributed by atoms with Crippen molar-refractivity contribution in [1.82, 2.24) is 4.90 Å². The Morgan fingerprint density at radius 2 is 2.00 bits per heavy atom. The number of carbonyl (C=O) groups is 1. The molecule has 0 bridgehead atoms. The fraction of sp³-hybridized carbons (Fsp3) is 0.214. The van der Waals surface area contributed by atoms with Crippen molar-refractivity contribution in [3.8, 4) is 0 Å². The highest BCUT2D eigenvalue weighted by Gasteiger charge is 2.13. The first-order valence-corrected chi connectivity index (χ1v) is 7.54. The number of hydrogen-bond acceptors (Lipinski definition) is 3. The third-order valence-corrected chi connectivity index (χ3v) is 4.26. The van der Waals surface area contributed by atoms with Gasteiger partial charge in [-0.05, 0) is 30.3 Å². The van der Waals surface area contributed by atoms with E-state index in [0.717, 1.165) is 14.9 Å². The molecule has 0 saturated heterocycles. The molecule has 0 aliphatic heterocycles. The molecule has 20 heavy (non-hydrogen) atoms. The van der Waals surface area contributed by atoms with E-state index in [4.69, 9.17) is 23.2 Å². The quantitative estimate of drug-likeness (QED) is 0.903. The molecule has 0 atom stereocenters. The van der Waals surface area contributed by atoms with Crippen molar-refractivity contribution in [2.24, 2.45) is 0 Å². The molecule has 1 aromatic heterocycles. The summed E-state index contributed by atoms with van der Waals surface area (Å²) in [5.41, 5.74) is 1.34. The molecule has 2 aromatic rings. The zero-order chi connectivity index (χ0) is 14.7. The van der Waals surface area contributed by atoms with Crippen LogP contribution in [0.25, 0.3) is 0 Å². The van der Waals surface area contributed by atoms with Gasteiger partial charge in [0.2, 0.25) is 0 Å². The predicted molar refractivity (Wildman–Crippen MR) is 86.1 cm³/mol. The lowest BCUT2D eigenvalue weighted by atomic mass is 10.1. The third-order valence-electron chi connectivity index (χ3n) is 2.70. The summed E-state index contributed by atoms with van der Waals surface area (Å²) in [4.78, 5) is 14.6. The first-order valence-electron chi connectivity index (χ1n) is 5.96. The number of rotatable bonds is 4. The van der Waals surface area contributed by atoms with Crippen LogP contribution in [0, 0.1) is 0 Å². The Kier molecular flexibility index (Phi) is 4.91. The molecule has 1 amide bonds. The molecular weight excluding hydrogens is 315 g/mol. The minimum atomic E-state index is -0.113. The van der Waals surface area contributed by atoms with Crippen LogP contribution >= 0.6 is 34.5 Å². The van der Waals surface area contributed by atoms with Crippen molar-refractivity contribution >= 4 is 46.1 Å². The molecule has 6 heteroatoms. The van der Waals surface area contributed by atoms with Gasteiger partial charge in [-0.2, -0.15) is 0 Å². The summed E-state index contributed by atoms with van der Waals surface area (Å²) in [6, 6.07) is 9.18. The van der Waals surface area contributed by atoms with Gasteiger partial charge in [0.05, 0.1) is 14.9 Å². The molecule has 0 spiro atoms. The van der Waals surface area contributed by atoms with Crippen molar-refractivity contribution in [1.29, 1.82) is 0 Å². The molecule has 0 aliphatic rings. The maximum absolute atomic E-state index is 12.0. The largest absolute Gasteiger partial charge is 0.380 e. The molecule has 2 rings (SSSR count). The molecule has 0 saturated carbocycles. The molecule has 1 heterocycles. The Balaban J connectivity index is 2.13. The van der Waals surface area contributed by atoms with Gasteiger partial charge in [-0.15, -0.1) is 11.3 Å². The van der Waals surface area contributed by atoms with Gasteiger partial charge in [-0.25, -0.2) is 0 Å². The second kappa shape index (κ2) is 6.48. The third kappa shape index (κ3) is 3.66. The van der Waals surface area contributed by atoms with Gasteiger partial charge >= 0.3 is 0 Å². The Hall–Kier alpha value is -1.23. The average Bonchev–Trinajstić information content (AvgIpc) is 2.82. The van der Waals surface area contributed by atoms with Crippen molar-refractivity contribution < 1.29 is 4.79 Å². The summed E-state index contributed by atoms with van der Waals surface area (Å²) < 4.78 is 0.765. The summed E-state index contributed by atoms with van der Waals surface area (Å²) in [5.74, 6) is -0.113. The van der Waals surface area contributed by atoms with Crippen LogP contribution in [0.2, 0.25) is 9.36 Å². The molecule has 1 aromatic carbocycles. The SMILES string of the molecule is CN(C)C(=O)c1cc(NCc2ccc(Cl)s2)ccc1Cl. The van der Waals surface area contributed by atoms with E-state index in [9.17, 15) is 4.79 Å². The van der Waals surface area contributed by atoms with Crippen LogP contribution in [0.5, 0.6) is 0 Å². The number of halogens is 2. The fourth-order valence-electron chi connectivity index (χ4n) is 1.68. The summed E-state index contributed by atoms with van der Waals surface area (Å²) >= 11 is 13.5. The number of amides is 1. The lowest BCUT2D eigenvalue weighted by Crippen LogP contribution is -2.22. The monoisotopic (exact) mass is 328 g/mol. The van der Waals surface area contributed by atoms with Crippen LogP contribution in [-0.4, -0.2) is 24.9 Å². The first-order chi connectivity index (χ1) is 9.47. The minimum absolute atomic E-state index is 0.113. The number of nitrogens with zero attached hydrogens (tertiary/aromatic N) is 1. The maximum atomic E-state index is 12.0. The lowest BCUT2D eigenvalue weighted by molar-refractivity contribution is 0.0828. The number of anilines is 1. The Morgan fingerprint density at radius 3 is 2.60 bits per heavy atom. The average molecular weight is 329 g/mol. The van der Waals surface area contributed by atoms with Gasteiger partial charge in [0.15, 0.2) is 0 Å². The van der Waals surface area contributed by atoms with Crippen LogP contribution in [0.15, 0.2) is 30.3 Å². The Bertz CT molecular complexity index is 625. The van der Waals surface area contributed by atoms with Gasteiger partial charge in [-0.3, -0.25) is 4.79 Å². The second-order valence-electron chi connectivity index (χ2n) is 4.45. The standard InChI is InChI=1S/C14H14Cl2N2OS/c1-18(2)14(19)11-7-9(3-5-12(11)15)17-8-10-4-6-13(16)20-10/h3-7,17H,8H2,1-2H3. The van der Waals surface area contributed by atoms with E-state index < -0.39 is 0 Å². The highest BCUT2D eigenvalue weighted by molar-refractivity contribution is 7.16. The lowest BCUT2D eigenvalue weighted by Gasteiger charge is -2.13. The molecule has 0 fully saturated rings. The molecular formula is C14H14Cl2N2OS. The van der Waals surface area contributed by atoms with E-state index in [1.54, 1.807) is 26.2 Å². The van der Waals surface area contributed by atoms with E-state index in [1.807, 2.05) is 18.2 Å². The Labute approximate surface area is 132 Å². The smallest absolute Gasteiger partial charge is 0.254 e. The van der Waals surface area contributed by atoms with E-state index in [-0.39, 0.29) is 5.91 Å². The summed E-state index contributed by atoms with van der Waals surface area (Å²) in [7, 11) is 3.40. The van der Waals surface area contributed by atoms with Gasteiger partial charge in [-0.1, -0.05) is 23.2 Å². The zero-order valence-corrected chi connectivity index (χ0v) is 13.4. The van der Waals surface area contributed by atoms with Gasteiger partial charge in [0.25, 0.3) is 5.91 Å². The molecule has 0 radical (unpaired) electrons. The molecule has 106 valence electrons. The van der Waals surface area contributed by atoms with Crippen LogP contribution in [0.4, 0.5) is 5.69 Å². The topological polar surface area (TPSA) is 32.3 Å². The minimum Gasteiger partial charge on any atom is -0.380 e. The van der Waals surface area contributed by atoms with Crippen molar-refractivity contribution in [2.75, 3.05) is 19.4 Å². The van der Waals surface area contributed by atoms with E-state index >= 15 is 0 Å². The summed E-state index contributed by atoms with van der Waals surface area (Å²) in [6.07, 6.45) is 0. The van der Waals surface area contributed by atoms with E-state index in [2.05, 4.69) is 5.32 Å². The highest BCUT2D eigenvalue weighted by atomic mass is 35.5. The van der Waals surface area contributed by atoms with Gasteiger partial charge in [0, 0.05) is 31.2 Å². The highest BCUT2D eigenvalue weighted by Crippen LogP contribution is 2.24. The summed E-state index contributed by atoms with van der Waals surface area (Å²) in [6.45, 7) is 0.661. The second-order valence-corrected chi connectivity index (χ2v) is 6.66. The first kappa shape index (κ1) is 15.2. The van der Waals surface area contributed by atoms with Crippen molar-refractivity contribution in [3.05, 3.63) is 50.1 Å². The number of benzene rings is 1. The van der Waals surface area contributed by atoms with E-state index in [0.29, 0.717) is 17.1 Å². The van der Waals surface area contributed by atoms with Crippen LogP contribution in [-0.2, 0) is 6.54 Å². The molecule has 0 aliphatic carbocycles. The van der Waals surface area contributed by atoms with Crippen molar-refractivity contribution in [3.63, 3.8) is 0 Å². The number of carbonyl (C=O) groups excluding carboxylic acids is 1. The normalized spacial score (nSPS) is 10.4. The zero-order valence-electron chi connectivity index (χ0n) is 11.1. The summed E-state index contributed by atoms with van der Waals surface area (Å²) in [5, 5.41) is 3.71. The number of hydrogen-bond donors (Lipinski definition) is 1. The number of thiophene rings is 1. The fourth-order valence-corrected chi connectivity index (χ4v) is 2.90. The van der Waals surface area contributed by atoms with Gasteiger partial charge < -0.3 is 10.2 Å². The van der Waals surface area contributed by atoms with Crippen LogP contribution < -0.4 is 5.32 Å². The predicted octanol–water partition coefficient (Wildman–Crippen LogP) is 4.37. The molecule has 3 nitrogen and oxygen atoms in total. The molecule has 0 unspecified atom stereocenters. The molecule has 1 N–H and O–H groups in total. The van der Waals surface area contributed by atoms with E-state index in [1.165, 1.54) is 16.2 Å².